The van der Waals surface area contributed by atoms with Crippen LogP contribution >= 0.6 is 11.3 Å². The van der Waals surface area contributed by atoms with Crippen LogP contribution in [-0.4, -0.2) is 27.8 Å². The molecule has 0 fully saturated rings. The molecule has 10 heteroatoms. The molecule has 1 unspecified atom stereocenters. The van der Waals surface area contributed by atoms with Gasteiger partial charge in [-0.1, -0.05) is 24.3 Å². The van der Waals surface area contributed by atoms with Crippen molar-refractivity contribution in [2.75, 3.05) is 5.32 Å². The van der Waals surface area contributed by atoms with E-state index in [-0.39, 0.29) is 17.1 Å². The van der Waals surface area contributed by atoms with Gasteiger partial charge in [-0.15, -0.1) is 11.3 Å². The van der Waals surface area contributed by atoms with Crippen molar-refractivity contribution in [3.05, 3.63) is 86.7 Å². The van der Waals surface area contributed by atoms with Crippen molar-refractivity contribution in [2.24, 2.45) is 0 Å². The molecule has 1 aromatic heterocycles. The third-order valence-electron chi connectivity index (χ3n) is 4.17. The third kappa shape index (κ3) is 5.23. The Morgan fingerprint density at radius 2 is 2.00 bits per heavy atom. The lowest BCUT2D eigenvalue weighted by Crippen LogP contribution is -2.41. The molecule has 2 amide bonds. The molecule has 0 radical (unpaired) electrons. The average Bonchev–Trinajstić information content (AvgIpc) is 3.16. The predicted molar refractivity (Wildman–Crippen MR) is 110 cm³/mol. The van der Waals surface area contributed by atoms with E-state index in [0.29, 0.717) is 17.1 Å². The number of nitrogens with zero attached hydrogens (tertiary/aromatic N) is 2. The highest BCUT2D eigenvalue weighted by Gasteiger charge is 2.19. The summed E-state index contributed by atoms with van der Waals surface area (Å²) in [5.74, 6) is -1.42. The highest BCUT2D eigenvalue weighted by molar-refractivity contribution is 7.15. The van der Waals surface area contributed by atoms with Crippen molar-refractivity contribution in [1.82, 2.24) is 10.3 Å². The minimum Gasteiger partial charge on any atom is -0.341 e. The smallest absolute Gasteiger partial charge is 0.270 e. The number of hydrogen-bond donors (Lipinski definition) is 2. The van der Waals surface area contributed by atoms with Gasteiger partial charge >= 0.3 is 0 Å². The van der Waals surface area contributed by atoms with E-state index in [9.17, 15) is 24.1 Å². The second-order valence-corrected chi connectivity index (χ2v) is 7.51. The molecule has 0 saturated carbocycles. The maximum Gasteiger partial charge on any atom is 0.270 e. The number of aromatic nitrogens is 1. The van der Waals surface area contributed by atoms with Crippen LogP contribution < -0.4 is 10.6 Å². The Bertz CT molecular complexity index is 1100. The van der Waals surface area contributed by atoms with Crippen molar-refractivity contribution in [1.29, 1.82) is 0 Å². The molecule has 0 spiro atoms. The molecule has 1 heterocycles. The summed E-state index contributed by atoms with van der Waals surface area (Å²) in [5.41, 5.74) is 0.381. The van der Waals surface area contributed by atoms with Crippen LogP contribution in [0.4, 0.5) is 15.2 Å². The summed E-state index contributed by atoms with van der Waals surface area (Å²) in [7, 11) is 0. The van der Waals surface area contributed by atoms with Crippen LogP contribution in [0, 0.1) is 15.9 Å². The molecule has 0 aliphatic rings. The molecule has 1 atom stereocenters. The minimum absolute atomic E-state index is 0.0743. The molecule has 0 aliphatic carbocycles. The average molecular weight is 428 g/mol. The van der Waals surface area contributed by atoms with Crippen molar-refractivity contribution < 1.29 is 18.9 Å². The highest BCUT2D eigenvalue weighted by Crippen LogP contribution is 2.22. The number of carbonyl (C=O) groups is 2. The van der Waals surface area contributed by atoms with Gasteiger partial charge in [-0.05, 0) is 24.6 Å². The lowest BCUT2D eigenvalue weighted by atomic mass is 10.1. The molecule has 2 aromatic carbocycles. The number of halogens is 1. The van der Waals surface area contributed by atoms with E-state index in [1.54, 1.807) is 24.4 Å². The zero-order valence-electron chi connectivity index (χ0n) is 15.8. The molecule has 30 heavy (non-hydrogen) atoms. The van der Waals surface area contributed by atoms with Gasteiger partial charge in [-0.25, -0.2) is 9.37 Å². The lowest BCUT2D eigenvalue weighted by Gasteiger charge is -2.13. The Kier molecular flexibility index (Phi) is 6.48. The maximum atomic E-state index is 13.8. The standard InChI is InChI=1S/C20H17FN4O4S/c1-12(23-19(27)14-6-4-7-15(9-14)25(28)29)18(26)24-20-22-11-16(30-20)10-13-5-2-3-8-17(13)21/h2-9,11-12H,10H2,1H3,(H,23,27)(H,22,24,26). The molecular formula is C20H17FN4O4S. The molecule has 3 aromatic rings. The number of amides is 2. The first-order valence-electron chi connectivity index (χ1n) is 8.88. The number of anilines is 1. The summed E-state index contributed by atoms with van der Waals surface area (Å²) in [6, 6.07) is 10.7. The van der Waals surface area contributed by atoms with Crippen LogP contribution in [0.2, 0.25) is 0 Å². The summed E-state index contributed by atoms with van der Waals surface area (Å²) in [6.07, 6.45) is 1.90. The first kappa shape index (κ1) is 21.1. The van der Waals surface area contributed by atoms with Gasteiger partial charge in [0.25, 0.3) is 11.6 Å². The largest absolute Gasteiger partial charge is 0.341 e. The van der Waals surface area contributed by atoms with Gasteiger partial charge in [0.2, 0.25) is 5.91 Å². The number of nitro benzene ring substituents is 1. The van der Waals surface area contributed by atoms with Crippen LogP contribution in [0.5, 0.6) is 0 Å². The van der Waals surface area contributed by atoms with E-state index in [2.05, 4.69) is 15.6 Å². The number of nitro groups is 1. The maximum absolute atomic E-state index is 13.8. The lowest BCUT2D eigenvalue weighted by molar-refractivity contribution is -0.384. The fourth-order valence-electron chi connectivity index (χ4n) is 2.60. The molecule has 0 saturated heterocycles. The van der Waals surface area contributed by atoms with E-state index >= 15 is 0 Å². The predicted octanol–water partition coefficient (Wildman–Crippen LogP) is 3.54. The fourth-order valence-corrected chi connectivity index (χ4v) is 3.43. The van der Waals surface area contributed by atoms with E-state index in [4.69, 9.17) is 0 Å². The normalized spacial score (nSPS) is 11.5. The Morgan fingerprint density at radius 3 is 2.73 bits per heavy atom. The second kappa shape index (κ2) is 9.23. The zero-order chi connectivity index (χ0) is 21.7. The van der Waals surface area contributed by atoms with Gasteiger partial charge in [0.1, 0.15) is 11.9 Å². The van der Waals surface area contributed by atoms with Crippen molar-refractivity contribution in [2.45, 2.75) is 19.4 Å². The summed E-state index contributed by atoms with van der Waals surface area (Å²) in [4.78, 5) is 39.7. The number of carbonyl (C=O) groups excluding carboxylic acids is 2. The van der Waals surface area contributed by atoms with Gasteiger partial charge < -0.3 is 10.6 Å². The Hall–Kier alpha value is -3.66. The van der Waals surface area contributed by atoms with Crippen LogP contribution in [0.25, 0.3) is 0 Å². The molecule has 3 rings (SSSR count). The molecule has 2 N–H and O–H groups in total. The molecule has 0 aliphatic heterocycles. The SMILES string of the molecule is CC(NC(=O)c1cccc([N+](=O)[O-])c1)C(=O)Nc1ncc(Cc2ccccc2F)s1. The summed E-state index contributed by atoms with van der Waals surface area (Å²) in [5, 5.41) is 16.2. The van der Waals surface area contributed by atoms with E-state index < -0.39 is 22.8 Å². The van der Waals surface area contributed by atoms with Gasteiger partial charge in [0, 0.05) is 35.2 Å². The Morgan fingerprint density at radius 1 is 1.23 bits per heavy atom. The van der Waals surface area contributed by atoms with E-state index in [1.165, 1.54) is 42.5 Å². The number of hydrogen-bond acceptors (Lipinski definition) is 6. The quantitative estimate of drug-likeness (QED) is 0.441. The molecule has 0 bridgehead atoms. The van der Waals surface area contributed by atoms with Gasteiger partial charge in [0.15, 0.2) is 5.13 Å². The van der Waals surface area contributed by atoms with Crippen LogP contribution in [-0.2, 0) is 11.2 Å². The number of benzene rings is 2. The number of non-ortho nitro benzene ring substituents is 1. The second-order valence-electron chi connectivity index (χ2n) is 6.39. The Balaban J connectivity index is 1.59. The number of thiazole rings is 1. The van der Waals surface area contributed by atoms with Crippen molar-refractivity contribution in [3.63, 3.8) is 0 Å². The first-order chi connectivity index (χ1) is 14.3. The fraction of sp³-hybridized carbons (Fsp3) is 0.150. The first-order valence-corrected chi connectivity index (χ1v) is 9.69. The summed E-state index contributed by atoms with van der Waals surface area (Å²) >= 11 is 1.21. The van der Waals surface area contributed by atoms with Crippen molar-refractivity contribution in [3.8, 4) is 0 Å². The molecule has 154 valence electrons. The van der Waals surface area contributed by atoms with Crippen LogP contribution in [0.1, 0.15) is 27.7 Å². The molecule has 8 nitrogen and oxygen atoms in total. The topological polar surface area (TPSA) is 114 Å². The number of rotatable bonds is 7. The van der Waals surface area contributed by atoms with E-state index in [0.717, 1.165) is 10.9 Å². The van der Waals surface area contributed by atoms with Crippen molar-refractivity contribution >= 4 is 34.0 Å². The van der Waals surface area contributed by atoms with Gasteiger partial charge in [-0.3, -0.25) is 19.7 Å². The molecular weight excluding hydrogens is 411 g/mol. The highest BCUT2D eigenvalue weighted by atomic mass is 32.1. The summed E-state index contributed by atoms with van der Waals surface area (Å²) < 4.78 is 13.8. The zero-order valence-corrected chi connectivity index (χ0v) is 16.6. The van der Waals surface area contributed by atoms with Gasteiger partial charge in [0.05, 0.1) is 4.92 Å². The third-order valence-corrected chi connectivity index (χ3v) is 5.08. The van der Waals surface area contributed by atoms with Crippen LogP contribution in [0.3, 0.4) is 0 Å². The summed E-state index contributed by atoms with van der Waals surface area (Å²) in [6.45, 7) is 1.48. The number of nitrogens with one attached hydrogen (secondary N) is 2. The Labute approximate surface area is 174 Å². The van der Waals surface area contributed by atoms with Crippen LogP contribution in [0.15, 0.2) is 54.7 Å². The monoisotopic (exact) mass is 428 g/mol. The van der Waals surface area contributed by atoms with E-state index in [1.807, 2.05) is 0 Å². The minimum atomic E-state index is -0.907. The van der Waals surface area contributed by atoms with Gasteiger partial charge in [-0.2, -0.15) is 0 Å².